The van der Waals surface area contributed by atoms with Crippen LogP contribution in [-0.2, 0) is 20.5 Å². The van der Waals surface area contributed by atoms with Gasteiger partial charge in [0.15, 0.2) is 0 Å². The number of halogens is 5. The summed E-state index contributed by atoms with van der Waals surface area (Å²) in [4.78, 5) is 27.2. The number of carbonyl (C=O) groups is 2. The van der Waals surface area contributed by atoms with Crippen molar-refractivity contribution in [3.05, 3.63) is 23.8 Å². The third kappa shape index (κ3) is 5.54. The van der Waals surface area contributed by atoms with E-state index in [4.69, 9.17) is 10.5 Å². The number of morpholine rings is 1. The van der Waals surface area contributed by atoms with Gasteiger partial charge in [-0.25, -0.2) is 8.78 Å². The summed E-state index contributed by atoms with van der Waals surface area (Å²) in [6.07, 6.45) is -5.49. The lowest BCUT2D eigenvalue weighted by atomic mass is 9.90. The van der Waals surface area contributed by atoms with Gasteiger partial charge in [0.25, 0.3) is 12.3 Å². The van der Waals surface area contributed by atoms with Crippen LogP contribution in [0.5, 0.6) is 0 Å². The topological polar surface area (TPSA) is 87.9 Å². The Hall–Kier alpha value is -2.31. The van der Waals surface area contributed by atoms with Gasteiger partial charge in [0.05, 0.1) is 24.4 Å². The van der Waals surface area contributed by atoms with Gasteiger partial charge < -0.3 is 20.7 Å². The molecule has 178 valence electrons. The summed E-state index contributed by atoms with van der Waals surface area (Å²) in [6, 6.07) is 1.65. The second kappa shape index (κ2) is 10.1. The quantitative estimate of drug-likeness (QED) is 0.578. The van der Waals surface area contributed by atoms with Gasteiger partial charge in [-0.1, -0.05) is 6.42 Å². The minimum Gasteiger partial charge on any atom is -0.370 e. The zero-order valence-electron chi connectivity index (χ0n) is 17.2. The average molecular weight is 464 g/mol. The summed E-state index contributed by atoms with van der Waals surface area (Å²) >= 11 is 0. The Balaban J connectivity index is 1.85. The van der Waals surface area contributed by atoms with Crippen molar-refractivity contribution < 1.29 is 36.3 Å². The van der Waals surface area contributed by atoms with Crippen molar-refractivity contribution in [2.24, 2.45) is 5.73 Å². The van der Waals surface area contributed by atoms with Crippen LogP contribution in [0, 0.1) is 0 Å². The van der Waals surface area contributed by atoms with Crippen LogP contribution in [-0.4, -0.2) is 68.1 Å². The predicted octanol–water partition coefficient (Wildman–Crippen LogP) is 2.45. The predicted molar refractivity (Wildman–Crippen MR) is 106 cm³/mol. The molecule has 12 heteroatoms. The van der Waals surface area contributed by atoms with Crippen molar-refractivity contribution in [3.63, 3.8) is 0 Å². The molecule has 1 aromatic rings. The second-order valence-electron chi connectivity index (χ2n) is 7.74. The maximum absolute atomic E-state index is 13.7. The maximum atomic E-state index is 13.7. The standard InChI is InChI=1S/C20H25F5N4O3/c21-17(22)10-29(12-2-1-3-12)16(9-26)19(31)27-15-5-4-13(8-14(15)20(23,24)25)28-6-7-32-11-18(28)30/h4-5,8,12,16-17H,1-3,6-7,9-11,26H2,(H,27,31)/t16-/m0/s1. The van der Waals surface area contributed by atoms with E-state index in [2.05, 4.69) is 5.32 Å². The summed E-state index contributed by atoms with van der Waals surface area (Å²) in [6.45, 7) is -0.966. The van der Waals surface area contributed by atoms with Crippen LogP contribution in [0.25, 0.3) is 0 Å². The summed E-state index contributed by atoms with van der Waals surface area (Å²) in [5.41, 5.74) is 3.99. The highest BCUT2D eigenvalue weighted by molar-refractivity contribution is 5.98. The third-order valence-electron chi connectivity index (χ3n) is 5.68. The van der Waals surface area contributed by atoms with Crippen molar-refractivity contribution in [2.45, 2.75) is 43.9 Å². The van der Waals surface area contributed by atoms with Crippen molar-refractivity contribution in [1.82, 2.24) is 4.90 Å². The number of nitrogens with zero attached hydrogens (tertiary/aromatic N) is 2. The fraction of sp³-hybridized carbons (Fsp3) is 0.600. The molecule has 0 radical (unpaired) electrons. The SMILES string of the molecule is NC[C@@H](C(=O)Nc1ccc(N2CCOCC2=O)cc1C(F)(F)F)N(CC(F)F)C1CCC1. The molecule has 1 saturated heterocycles. The fourth-order valence-corrected chi connectivity index (χ4v) is 3.85. The number of anilines is 2. The Kier molecular flexibility index (Phi) is 7.67. The molecule has 0 spiro atoms. The second-order valence-corrected chi connectivity index (χ2v) is 7.74. The van der Waals surface area contributed by atoms with Gasteiger partial charge in [-0.2, -0.15) is 13.2 Å². The summed E-state index contributed by atoms with van der Waals surface area (Å²) in [5.74, 6) is -1.37. The monoisotopic (exact) mass is 464 g/mol. The number of ether oxygens (including phenoxy) is 1. The third-order valence-corrected chi connectivity index (χ3v) is 5.68. The van der Waals surface area contributed by atoms with Gasteiger partial charge >= 0.3 is 6.18 Å². The maximum Gasteiger partial charge on any atom is 0.418 e. The van der Waals surface area contributed by atoms with Crippen LogP contribution in [0.1, 0.15) is 24.8 Å². The largest absolute Gasteiger partial charge is 0.418 e. The molecule has 1 saturated carbocycles. The van der Waals surface area contributed by atoms with Crippen molar-refractivity contribution in [2.75, 3.05) is 43.1 Å². The average Bonchev–Trinajstić information content (AvgIpc) is 2.66. The number of rotatable bonds is 8. The molecule has 1 aliphatic carbocycles. The van der Waals surface area contributed by atoms with E-state index in [0.717, 1.165) is 18.6 Å². The molecule has 0 bridgehead atoms. The molecule has 3 N–H and O–H groups in total. The van der Waals surface area contributed by atoms with Gasteiger partial charge in [-0.15, -0.1) is 0 Å². The van der Waals surface area contributed by atoms with Gasteiger partial charge in [-0.05, 0) is 31.0 Å². The highest BCUT2D eigenvalue weighted by Crippen LogP contribution is 2.38. The first-order valence-corrected chi connectivity index (χ1v) is 10.3. The molecule has 2 fully saturated rings. The van der Waals surface area contributed by atoms with Crippen molar-refractivity contribution >= 4 is 23.2 Å². The van der Waals surface area contributed by atoms with E-state index in [0.29, 0.717) is 12.8 Å². The smallest absolute Gasteiger partial charge is 0.370 e. The van der Waals surface area contributed by atoms with Gasteiger partial charge in [0.1, 0.15) is 12.6 Å². The molecule has 1 atom stereocenters. The molecule has 1 aromatic carbocycles. The number of nitrogens with one attached hydrogen (secondary N) is 1. The van der Waals surface area contributed by atoms with E-state index < -0.39 is 48.3 Å². The zero-order chi connectivity index (χ0) is 23.5. The summed E-state index contributed by atoms with van der Waals surface area (Å²) in [5, 5.41) is 2.21. The molecular weight excluding hydrogens is 439 g/mol. The van der Waals surface area contributed by atoms with E-state index in [9.17, 15) is 31.5 Å². The van der Waals surface area contributed by atoms with Gasteiger partial charge in [0.2, 0.25) is 5.91 Å². The normalized spacial score (nSPS) is 18.8. The van der Waals surface area contributed by atoms with Crippen LogP contribution in [0.15, 0.2) is 18.2 Å². The van der Waals surface area contributed by atoms with Gasteiger partial charge in [-0.3, -0.25) is 14.5 Å². The Bertz CT molecular complexity index is 832. The number of carbonyl (C=O) groups excluding carboxylic acids is 2. The first kappa shape index (κ1) is 24.3. The Morgan fingerprint density at radius 2 is 2.03 bits per heavy atom. The van der Waals surface area contributed by atoms with E-state index in [1.807, 2.05) is 0 Å². The van der Waals surface area contributed by atoms with E-state index >= 15 is 0 Å². The molecule has 0 aromatic heterocycles. The van der Waals surface area contributed by atoms with Crippen LogP contribution in [0.2, 0.25) is 0 Å². The lowest BCUT2D eigenvalue weighted by Crippen LogP contribution is -2.56. The minimum atomic E-state index is -4.83. The fourth-order valence-electron chi connectivity index (χ4n) is 3.85. The number of benzene rings is 1. The summed E-state index contributed by atoms with van der Waals surface area (Å²) in [7, 11) is 0. The van der Waals surface area contributed by atoms with Crippen LogP contribution in [0.4, 0.5) is 33.3 Å². The molecule has 7 nitrogen and oxygen atoms in total. The molecule has 2 aliphatic rings. The van der Waals surface area contributed by atoms with E-state index in [1.165, 1.54) is 15.9 Å². The molecular formula is C20H25F5N4O3. The lowest BCUT2D eigenvalue weighted by molar-refractivity contribution is -0.137. The number of alkyl halides is 5. The van der Waals surface area contributed by atoms with E-state index in [1.54, 1.807) is 0 Å². The van der Waals surface area contributed by atoms with Crippen LogP contribution >= 0.6 is 0 Å². The highest BCUT2D eigenvalue weighted by atomic mass is 19.4. The van der Waals surface area contributed by atoms with Crippen molar-refractivity contribution in [3.8, 4) is 0 Å². The first-order chi connectivity index (χ1) is 15.1. The Morgan fingerprint density at radius 3 is 2.56 bits per heavy atom. The molecule has 32 heavy (non-hydrogen) atoms. The number of nitrogens with two attached hydrogens (primary N) is 1. The molecule has 1 aliphatic heterocycles. The van der Waals surface area contributed by atoms with Crippen LogP contribution < -0.4 is 16.0 Å². The molecule has 0 unspecified atom stereocenters. The molecule has 2 amide bonds. The number of hydrogen-bond acceptors (Lipinski definition) is 5. The lowest BCUT2D eigenvalue weighted by Gasteiger charge is -2.41. The number of hydrogen-bond donors (Lipinski definition) is 2. The summed E-state index contributed by atoms with van der Waals surface area (Å²) < 4.78 is 72.3. The van der Waals surface area contributed by atoms with E-state index in [-0.39, 0.29) is 38.0 Å². The zero-order valence-corrected chi connectivity index (χ0v) is 17.2. The molecule has 3 rings (SSSR count). The highest BCUT2D eigenvalue weighted by Gasteiger charge is 2.38. The van der Waals surface area contributed by atoms with Crippen LogP contribution in [0.3, 0.4) is 0 Å². The molecule has 1 heterocycles. The van der Waals surface area contributed by atoms with Crippen molar-refractivity contribution in [1.29, 1.82) is 0 Å². The number of amides is 2. The Labute approximate surface area is 181 Å². The van der Waals surface area contributed by atoms with Gasteiger partial charge in [0, 0.05) is 24.8 Å². The minimum absolute atomic E-state index is 0.0211. The first-order valence-electron chi connectivity index (χ1n) is 10.3. The Morgan fingerprint density at radius 1 is 1.31 bits per heavy atom.